The van der Waals surface area contributed by atoms with Gasteiger partial charge in [0.25, 0.3) is 5.56 Å². The summed E-state index contributed by atoms with van der Waals surface area (Å²) in [5.41, 5.74) is 5.27. The largest absolute Gasteiger partial charge is 0.376 e. The van der Waals surface area contributed by atoms with Crippen LogP contribution in [0.25, 0.3) is 22.2 Å². The third-order valence-corrected chi connectivity index (χ3v) is 6.52. The van der Waals surface area contributed by atoms with Gasteiger partial charge in [0.2, 0.25) is 0 Å². The van der Waals surface area contributed by atoms with Crippen LogP contribution in [0.3, 0.4) is 0 Å². The Balaban J connectivity index is 1.47. The molecule has 3 aromatic heterocycles. The number of benzene rings is 1. The molecule has 1 aromatic carbocycles. The molecule has 1 saturated heterocycles. The van der Waals surface area contributed by atoms with Crippen molar-refractivity contribution in [3.63, 3.8) is 0 Å². The van der Waals surface area contributed by atoms with Gasteiger partial charge in [-0.2, -0.15) is 5.10 Å². The van der Waals surface area contributed by atoms with E-state index < -0.39 is 0 Å². The first-order chi connectivity index (χ1) is 15.5. The van der Waals surface area contributed by atoms with Crippen molar-refractivity contribution < 1.29 is 4.74 Å². The van der Waals surface area contributed by atoms with Gasteiger partial charge in [-0.1, -0.05) is 17.7 Å². The summed E-state index contributed by atoms with van der Waals surface area (Å²) in [6.07, 6.45) is 9.86. The van der Waals surface area contributed by atoms with Gasteiger partial charge in [-0.15, -0.1) is 0 Å². The second-order valence-corrected chi connectivity index (χ2v) is 8.72. The molecular formula is C24H24ClN5O2. The van der Waals surface area contributed by atoms with Crippen LogP contribution in [-0.4, -0.2) is 37.0 Å². The van der Waals surface area contributed by atoms with Gasteiger partial charge in [-0.3, -0.25) is 19.0 Å². The zero-order valence-electron chi connectivity index (χ0n) is 18.1. The highest BCUT2D eigenvalue weighted by Gasteiger charge is 2.19. The summed E-state index contributed by atoms with van der Waals surface area (Å²) in [5.74, 6) is 0. The minimum Gasteiger partial charge on any atom is -0.376 e. The lowest BCUT2D eigenvalue weighted by atomic mass is 9.99. The average molecular weight is 450 g/mol. The van der Waals surface area contributed by atoms with E-state index in [9.17, 15) is 4.79 Å². The molecule has 0 N–H and O–H groups in total. The smallest absolute Gasteiger partial charge is 0.261 e. The van der Waals surface area contributed by atoms with E-state index in [1.54, 1.807) is 21.8 Å². The van der Waals surface area contributed by atoms with Crippen molar-refractivity contribution in [2.24, 2.45) is 7.05 Å². The molecule has 1 atom stereocenters. The SMILES string of the molecule is Cc1c(Cc2ccc(-c3cnn(C)c3)nc2)cc2c(=O)n(CC3CCCO3)cnc2c1Cl. The maximum atomic E-state index is 13.2. The average Bonchev–Trinajstić information content (AvgIpc) is 3.46. The predicted octanol–water partition coefficient (Wildman–Crippen LogP) is 3.92. The molecule has 32 heavy (non-hydrogen) atoms. The van der Waals surface area contributed by atoms with Gasteiger partial charge in [0.1, 0.15) is 0 Å². The van der Waals surface area contributed by atoms with Crippen LogP contribution < -0.4 is 5.56 Å². The summed E-state index contributed by atoms with van der Waals surface area (Å²) in [5, 5.41) is 5.26. The fourth-order valence-electron chi connectivity index (χ4n) is 4.21. The summed E-state index contributed by atoms with van der Waals surface area (Å²) in [6, 6.07) is 5.96. The van der Waals surface area contributed by atoms with Crippen LogP contribution in [0, 0.1) is 6.92 Å². The molecule has 4 heterocycles. The Morgan fingerprint density at radius 1 is 1.25 bits per heavy atom. The van der Waals surface area contributed by atoms with Gasteiger partial charge < -0.3 is 4.74 Å². The number of hydrogen-bond donors (Lipinski definition) is 0. The van der Waals surface area contributed by atoms with Crippen molar-refractivity contribution in [2.75, 3.05) is 6.61 Å². The minimum absolute atomic E-state index is 0.0664. The molecule has 0 spiro atoms. The zero-order valence-corrected chi connectivity index (χ0v) is 18.8. The molecule has 1 aliphatic heterocycles. The van der Waals surface area contributed by atoms with Gasteiger partial charge in [0.05, 0.1) is 46.8 Å². The molecule has 0 bridgehead atoms. The first-order valence-electron chi connectivity index (χ1n) is 10.7. The Morgan fingerprint density at radius 3 is 2.81 bits per heavy atom. The maximum Gasteiger partial charge on any atom is 0.261 e. The molecule has 4 aromatic rings. The van der Waals surface area contributed by atoms with Crippen LogP contribution >= 0.6 is 11.6 Å². The molecule has 8 heteroatoms. The van der Waals surface area contributed by atoms with Crippen LogP contribution in [0.5, 0.6) is 0 Å². The fourth-order valence-corrected chi connectivity index (χ4v) is 4.48. The number of pyridine rings is 1. The van der Waals surface area contributed by atoms with Crippen molar-refractivity contribution in [2.45, 2.75) is 38.8 Å². The first-order valence-corrected chi connectivity index (χ1v) is 11.1. The van der Waals surface area contributed by atoms with Gasteiger partial charge in [0, 0.05) is 31.6 Å². The number of nitrogens with zero attached hydrogens (tertiary/aromatic N) is 5. The summed E-state index contributed by atoms with van der Waals surface area (Å²) >= 11 is 6.64. The molecule has 5 rings (SSSR count). The topological polar surface area (TPSA) is 74.8 Å². The van der Waals surface area contributed by atoms with E-state index in [1.165, 1.54) is 0 Å². The van der Waals surface area contributed by atoms with E-state index in [4.69, 9.17) is 16.3 Å². The number of rotatable bonds is 5. The number of fused-ring (bicyclic) bond motifs is 1. The van der Waals surface area contributed by atoms with Gasteiger partial charge >= 0.3 is 0 Å². The molecule has 0 saturated carbocycles. The number of ether oxygens (including phenoxy) is 1. The third kappa shape index (κ3) is 3.94. The van der Waals surface area contributed by atoms with Crippen molar-refractivity contribution in [3.05, 3.63) is 75.2 Å². The Hall–Kier alpha value is -3.03. The quantitative estimate of drug-likeness (QED) is 0.461. The molecule has 1 aliphatic rings. The number of aromatic nitrogens is 5. The van der Waals surface area contributed by atoms with E-state index in [2.05, 4.69) is 15.1 Å². The third-order valence-electron chi connectivity index (χ3n) is 6.05. The molecule has 1 fully saturated rings. The van der Waals surface area contributed by atoms with Crippen LogP contribution in [0.4, 0.5) is 0 Å². The second kappa shape index (κ2) is 8.48. The van der Waals surface area contributed by atoms with Gasteiger partial charge in [0.15, 0.2) is 0 Å². The molecular weight excluding hydrogens is 426 g/mol. The zero-order chi connectivity index (χ0) is 22.2. The molecule has 7 nitrogen and oxygen atoms in total. The van der Waals surface area contributed by atoms with Crippen molar-refractivity contribution in [1.82, 2.24) is 24.3 Å². The minimum atomic E-state index is -0.0845. The van der Waals surface area contributed by atoms with E-state index in [-0.39, 0.29) is 11.7 Å². The highest BCUT2D eigenvalue weighted by atomic mass is 35.5. The van der Waals surface area contributed by atoms with Gasteiger partial charge in [-0.25, -0.2) is 4.98 Å². The van der Waals surface area contributed by atoms with Crippen LogP contribution in [-0.2, 0) is 24.8 Å². The highest BCUT2D eigenvalue weighted by Crippen LogP contribution is 2.29. The standard InChI is InChI=1S/C24H24ClN5O2/c1-15-17(8-16-5-6-21(26-10-16)18-11-28-29(2)12-18)9-20-23(22(15)25)27-14-30(24(20)31)13-19-4-3-7-32-19/h5-6,9-12,14,19H,3-4,7-8,13H2,1-2H3. The molecule has 1 unspecified atom stereocenters. The molecule has 0 radical (unpaired) electrons. The number of hydrogen-bond acceptors (Lipinski definition) is 5. The lowest BCUT2D eigenvalue weighted by Gasteiger charge is -2.14. The lowest BCUT2D eigenvalue weighted by Crippen LogP contribution is -2.27. The van der Waals surface area contributed by atoms with Crippen LogP contribution in [0.15, 0.2) is 47.9 Å². The van der Waals surface area contributed by atoms with Crippen LogP contribution in [0.2, 0.25) is 5.02 Å². The Kier molecular flexibility index (Phi) is 5.53. The van der Waals surface area contributed by atoms with E-state index in [0.717, 1.165) is 47.4 Å². The monoisotopic (exact) mass is 449 g/mol. The molecule has 0 aliphatic carbocycles. The van der Waals surface area contributed by atoms with Crippen molar-refractivity contribution >= 4 is 22.5 Å². The molecule has 164 valence electrons. The number of aryl methyl sites for hydroxylation is 1. The first kappa shape index (κ1) is 20.8. The van der Waals surface area contributed by atoms with Crippen molar-refractivity contribution in [3.8, 4) is 11.3 Å². The summed E-state index contributed by atoms with van der Waals surface area (Å²) in [6.45, 7) is 3.24. The fraction of sp³-hybridized carbons (Fsp3) is 0.333. The van der Waals surface area contributed by atoms with E-state index in [1.807, 2.05) is 44.6 Å². The van der Waals surface area contributed by atoms with E-state index >= 15 is 0 Å². The predicted molar refractivity (Wildman–Crippen MR) is 124 cm³/mol. The summed E-state index contributed by atoms with van der Waals surface area (Å²) in [7, 11) is 1.88. The van der Waals surface area contributed by atoms with Crippen LogP contribution in [0.1, 0.15) is 29.5 Å². The molecule has 0 amide bonds. The Bertz CT molecular complexity index is 1340. The lowest BCUT2D eigenvalue weighted by molar-refractivity contribution is 0.0960. The van der Waals surface area contributed by atoms with E-state index in [0.29, 0.717) is 28.9 Å². The second-order valence-electron chi connectivity index (χ2n) is 8.34. The maximum absolute atomic E-state index is 13.2. The summed E-state index contributed by atoms with van der Waals surface area (Å²) in [4.78, 5) is 22.3. The highest BCUT2D eigenvalue weighted by molar-refractivity contribution is 6.35. The van der Waals surface area contributed by atoms with Gasteiger partial charge in [-0.05, 0) is 55.0 Å². The van der Waals surface area contributed by atoms with Crippen molar-refractivity contribution in [1.29, 1.82) is 0 Å². The normalized spacial score (nSPS) is 16.2. The number of halogens is 1. The summed E-state index contributed by atoms with van der Waals surface area (Å²) < 4.78 is 9.08. The Labute approximate surface area is 190 Å². The Morgan fingerprint density at radius 2 is 2.12 bits per heavy atom.